The van der Waals surface area contributed by atoms with E-state index in [1.54, 1.807) is 7.11 Å². The van der Waals surface area contributed by atoms with Crippen molar-refractivity contribution >= 4 is 33.0 Å². The molecule has 17 heavy (non-hydrogen) atoms. The summed E-state index contributed by atoms with van der Waals surface area (Å²) in [6, 6.07) is 9.35. The van der Waals surface area contributed by atoms with E-state index in [1.807, 2.05) is 35.7 Å². The van der Waals surface area contributed by atoms with Crippen molar-refractivity contribution < 1.29 is 9.94 Å². The first kappa shape index (κ1) is 12.1. The Morgan fingerprint density at radius 1 is 1.41 bits per heavy atom. The number of ether oxygens (including phenoxy) is 1. The Morgan fingerprint density at radius 2 is 2.24 bits per heavy atom. The summed E-state index contributed by atoms with van der Waals surface area (Å²) in [4.78, 5) is 0.890. The largest absolute Gasteiger partial charge is 0.497 e. The van der Waals surface area contributed by atoms with E-state index in [2.05, 4.69) is 21.1 Å². The number of hydrogen-bond donors (Lipinski definition) is 1. The Kier molecular flexibility index (Phi) is 3.81. The highest BCUT2D eigenvalue weighted by Gasteiger charge is 2.13. The van der Waals surface area contributed by atoms with Gasteiger partial charge in [0.15, 0.2) is 0 Å². The van der Waals surface area contributed by atoms with Gasteiger partial charge in [-0.3, -0.25) is 0 Å². The molecule has 0 fully saturated rings. The molecule has 0 spiro atoms. The van der Waals surface area contributed by atoms with Gasteiger partial charge in [-0.1, -0.05) is 17.3 Å². The number of thiophene rings is 1. The lowest BCUT2D eigenvalue weighted by atomic mass is 10.1. The molecule has 0 saturated heterocycles. The normalized spacial score (nSPS) is 11.5. The van der Waals surface area contributed by atoms with E-state index >= 15 is 0 Å². The van der Waals surface area contributed by atoms with Gasteiger partial charge in [0.05, 0.1) is 12.0 Å². The van der Waals surface area contributed by atoms with Crippen LogP contribution in [-0.2, 0) is 0 Å². The summed E-state index contributed by atoms with van der Waals surface area (Å²) >= 11 is 4.94. The van der Waals surface area contributed by atoms with E-state index in [4.69, 9.17) is 4.74 Å². The van der Waals surface area contributed by atoms with Gasteiger partial charge in [0.1, 0.15) is 11.5 Å². The van der Waals surface area contributed by atoms with Gasteiger partial charge < -0.3 is 9.94 Å². The average molecular weight is 312 g/mol. The molecule has 5 heteroatoms. The minimum absolute atomic E-state index is 0.533. The van der Waals surface area contributed by atoms with Gasteiger partial charge in [0.2, 0.25) is 0 Å². The maximum absolute atomic E-state index is 9.17. The summed E-state index contributed by atoms with van der Waals surface area (Å²) in [6.07, 6.45) is 0. The van der Waals surface area contributed by atoms with Gasteiger partial charge in [-0.15, -0.1) is 11.3 Å². The standard InChI is InChI=1S/C12H10BrNO2S/c1-16-9-4-2-3-8(7-9)11(14-15)12-10(13)5-6-17-12/h2-7,15H,1H3/b14-11+. The summed E-state index contributed by atoms with van der Waals surface area (Å²) in [7, 11) is 1.61. The zero-order chi connectivity index (χ0) is 12.3. The monoisotopic (exact) mass is 311 g/mol. The number of methoxy groups -OCH3 is 1. The van der Waals surface area contributed by atoms with Crippen LogP contribution in [0.1, 0.15) is 10.4 Å². The third kappa shape index (κ3) is 2.50. The van der Waals surface area contributed by atoms with E-state index < -0.39 is 0 Å². The first-order valence-electron chi connectivity index (χ1n) is 4.86. The van der Waals surface area contributed by atoms with Crippen molar-refractivity contribution in [2.24, 2.45) is 5.16 Å². The van der Waals surface area contributed by atoms with Gasteiger partial charge in [0.25, 0.3) is 0 Å². The second kappa shape index (κ2) is 5.33. The first-order valence-corrected chi connectivity index (χ1v) is 6.53. The molecule has 0 aliphatic carbocycles. The highest BCUT2D eigenvalue weighted by Crippen LogP contribution is 2.27. The summed E-state index contributed by atoms with van der Waals surface area (Å²) in [6.45, 7) is 0. The fourth-order valence-corrected chi connectivity index (χ4v) is 3.03. The lowest BCUT2D eigenvalue weighted by molar-refractivity contribution is 0.319. The van der Waals surface area contributed by atoms with Gasteiger partial charge >= 0.3 is 0 Å². The molecule has 1 N–H and O–H groups in total. The Bertz CT molecular complexity index is 551. The van der Waals surface area contributed by atoms with Crippen LogP contribution in [0.25, 0.3) is 0 Å². The number of nitrogens with zero attached hydrogens (tertiary/aromatic N) is 1. The maximum Gasteiger partial charge on any atom is 0.128 e. The van der Waals surface area contributed by atoms with E-state index in [1.165, 1.54) is 11.3 Å². The number of benzene rings is 1. The topological polar surface area (TPSA) is 41.8 Å². The van der Waals surface area contributed by atoms with Gasteiger partial charge in [0, 0.05) is 10.0 Å². The Labute approximate surface area is 111 Å². The van der Waals surface area contributed by atoms with Crippen LogP contribution >= 0.6 is 27.3 Å². The molecule has 0 aliphatic rings. The van der Waals surface area contributed by atoms with Crippen LogP contribution in [0.5, 0.6) is 5.75 Å². The lowest BCUT2D eigenvalue weighted by Gasteiger charge is -2.05. The number of halogens is 1. The van der Waals surface area contributed by atoms with E-state index in [-0.39, 0.29) is 0 Å². The van der Waals surface area contributed by atoms with Crippen LogP contribution in [0.15, 0.2) is 45.3 Å². The SMILES string of the molecule is COc1cccc(/C(=N\O)c2sccc2Br)c1. The van der Waals surface area contributed by atoms with Crippen molar-refractivity contribution in [3.8, 4) is 5.75 Å². The molecule has 1 aromatic heterocycles. The lowest BCUT2D eigenvalue weighted by Crippen LogP contribution is -2.02. The van der Waals surface area contributed by atoms with Crippen molar-refractivity contribution in [1.29, 1.82) is 0 Å². The first-order chi connectivity index (χ1) is 8.26. The van der Waals surface area contributed by atoms with Gasteiger partial charge in [-0.05, 0) is 39.5 Å². The molecule has 0 saturated carbocycles. The predicted octanol–water partition coefficient (Wildman–Crippen LogP) is 3.75. The highest BCUT2D eigenvalue weighted by atomic mass is 79.9. The van der Waals surface area contributed by atoms with Crippen LogP contribution in [0.3, 0.4) is 0 Å². The van der Waals surface area contributed by atoms with Crippen LogP contribution in [-0.4, -0.2) is 18.0 Å². The molecule has 0 unspecified atom stereocenters. The zero-order valence-corrected chi connectivity index (χ0v) is 11.5. The van der Waals surface area contributed by atoms with Crippen LogP contribution in [0.2, 0.25) is 0 Å². The van der Waals surface area contributed by atoms with Crippen molar-refractivity contribution in [3.63, 3.8) is 0 Å². The summed E-state index contributed by atoms with van der Waals surface area (Å²) in [5.74, 6) is 0.733. The number of hydrogen-bond acceptors (Lipinski definition) is 4. The molecule has 1 aromatic carbocycles. The van der Waals surface area contributed by atoms with Crippen molar-refractivity contribution in [3.05, 3.63) is 50.6 Å². The van der Waals surface area contributed by atoms with Crippen LogP contribution < -0.4 is 4.74 Å². The Balaban J connectivity index is 2.47. The van der Waals surface area contributed by atoms with Crippen molar-refractivity contribution in [2.75, 3.05) is 7.11 Å². The number of oxime groups is 1. The summed E-state index contributed by atoms with van der Waals surface area (Å²) < 4.78 is 6.07. The zero-order valence-electron chi connectivity index (χ0n) is 9.05. The van der Waals surface area contributed by atoms with Gasteiger partial charge in [-0.25, -0.2) is 0 Å². The molecule has 0 bridgehead atoms. The maximum atomic E-state index is 9.17. The molecule has 0 atom stereocenters. The molecule has 0 amide bonds. The van der Waals surface area contributed by atoms with E-state index in [9.17, 15) is 5.21 Å². The van der Waals surface area contributed by atoms with E-state index in [0.29, 0.717) is 5.71 Å². The van der Waals surface area contributed by atoms with Crippen LogP contribution in [0, 0.1) is 0 Å². The predicted molar refractivity (Wildman–Crippen MR) is 72.4 cm³/mol. The summed E-state index contributed by atoms with van der Waals surface area (Å²) in [5, 5.41) is 14.5. The third-order valence-corrected chi connectivity index (χ3v) is 4.12. The molecule has 2 rings (SSSR count). The highest BCUT2D eigenvalue weighted by molar-refractivity contribution is 9.10. The molecule has 2 aromatic rings. The Morgan fingerprint density at radius 3 is 2.82 bits per heavy atom. The molecular formula is C12H10BrNO2S. The third-order valence-electron chi connectivity index (χ3n) is 2.28. The van der Waals surface area contributed by atoms with Crippen LogP contribution in [0.4, 0.5) is 0 Å². The summed E-state index contributed by atoms with van der Waals surface area (Å²) in [5.41, 5.74) is 1.35. The Hall–Kier alpha value is -1.33. The van der Waals surface area contributed by atoms with Crippen molar-refractivity contribution in [1.82, 2.24) is 0 Å². The molecule has 0 aliphatic heterocycles. The molecule has 3 nitrogen and oxygen atoms in total. The minimum Gasteiger partial charge on any atom is -0.497 e. The van der Waals surface area contributed by atoms with E-state index in [0.717, 1.165) is 20.7 Å². The van der Waals surface area contributed by atoms with Gasteiger partial charge in [-0.2, -0.15) is 0 Å². The fraction of sp³-hybridized carbons (Fsp3) is 0.0833. The number of rotatable bonds is 3. The average Bonchev–Trinajstić information content (AvgIpc) is 2.77. The molecule has 1 heterocycles. The quantitative estimate of drug-likeness (QED) is 0.533. The second-order valence-electron chi connectivity index (χ2n) is 3.28. The smallest absolute Gasteiger partial charge is 0.128 e. The minimum atomic E-state index is 0.533. The molecule has 0 radical (unpaired) electrons. The van der Waals surface area contributed by atoms with Crippen molar-refractivity contribution in [2.45, 2.75) is 0 Å². The molecular weight excluding hydrogens is 302 g/mol. The second-order valence-corrected chi connectivity index (χ2v) is 5.05. The fourth-order valence-electron chi connectivity index (χ4n) is 1.47. The molecule has 88 valence electrons.